The van der Waals surface area contributed by atoms with E-state index in [1.165, 1.54) is 0 Å². The van der Waals surface area contributed by atoms with E-state index in [4.69, 9.17) is 4.74 Å². The summed E-state index contributed by atoms with van der Waals surface area (Å²) >= 11 is 0. The summed E-state index contributed by atoms with van der Waals surface area (Å²) in [6.07, 6.45) is 1.38. The van der Waals surface area contributed by atoms with Crippen molar-refractivity contribution in [2.75, 3.05) is 52.4 Å². The molecular weight excluding hydrogens is 318 g/mol. The molecular formula is C19H29N3O3. The minimum atomic E-state index is -0.521. The third-order valence-electron chi connectivity index (χ3n) is 5.03. The van der Waals surface area contributed by atoms with Gasteiger partial charge in [-0.3, -0.25) is 9.69 Å². The molecule has 1 amide bonds. The van der Waals surface area contributed by atoms with Gasteiger partial charge < -0.3 is 20.1 Å². The number of aliphatic hydroxyl groups is 1. The Morgan fingerprint density at radius 2 is 1.84 bits per heavy atom. The van der Waals surface area contributed by atoms with E-state index >= 15 is 0 Å². The molecule has 0 saturated carbocycles. The SMILES string of the molecule is O=C(C1CCNCC1)N1CCN(CC(O)COc2ccccc2)CC1. The molecule has 2 fully saturated rings. The Bertz CT molecular complexity index is 526. The first-order valence-corrected chi connectivity index (χ1v) is 9.30. The molecule has 1 aromatic rings. The molecule has 1 aromatic carbocycles. The molecule has 6 nitrogen and oxygen atoms in total. The number of piperazine rings is 1. The quantitative estimate of drug-likeness (QED) is 0.788. The molecule has 2 heterocycles. The second-order valence-electron chi connectivity index (χ2n) is 6.93. The summed E-state index contributed by atoms with van der Waals surface area (Å²) in [4.78, 5) is 16.8. The maximum Gasteiger partial charge on any atom is 0.225 e. The van der Waals surface area contributed by atoms with E-state index in [0.29, 0.717) is 12.5 Å². The number of nitrogens with zero attached hydrogens (tertiary/aromatic N) is 2. The van der Waals surface area contributed by atoms with E-state index in [-0.39, 0.29) is 12.5 Å². The lowest BCUT2D eigenvalue weighted by Gasteiger charge is -2.37. The molecule has 2 saturated heterocycles. The molecule has 6 heteroatoms. The minimum Gasteiger partial charge on any atom is -0.491 e. The van der Waals surface area contributed by atoms with Gasteiger partial charge in [-0.15, -0.1) is 0 Å². The van der Waals surface area contributed by atoms with Crippen molar-refractivity contribution in [2.24, 2.45) is 5.92 Å². The second-order valence-corrected chi connectivity index (χ2v) is 6.93. The van der Waals surface area contributed by atoms with Gasteiger partial charge in [0.05, 0.1) is 0 Å². The van der Waals surface area contributed by atoms with Crippen molar-refractivity contribution < 1.29 is 14.6 Å². The van der Waals surface area contributed by atoms with Gasteiger partial charge in [0.25, 0.3) is 0 Å². The molecule has 0 radical (unpaired) electrons. The predicted molar refractivity (Wildman–Crippen MR) is 96.6 cm³/mol. The van der Waals surface area contributed by atoms with Gasteiger partial charge in [-0.05, 0) is 38.1 Å². The van der Waals surface area contributed by atoms with Crippen molar-refractivity contribution in [3.05, 3.63) is 30.3 Å². The zero-order chi connectivity index (χ0) is 17.5. The molecule has 138 valence electrons. The Balaban J connectivity index is 1.36. The van der Waals surface area contributed by atoms with Gasteiger partial charge in [-0.1, -0.05) is 18.2 Å². The summed E-state index contributed by atoms with van der Waals surface area (Å²) in [7, 11) is 0. The lowest BCUT2D eigenvalue weighted by molar-refractivity contribution is -0.138. The fraction of sp³-hybridized carbons (Fsp3) is 0.632. The predicted octanol–water partition coefficient (Wildman–Crippen LogP) is 0.570. The number of hydrogen-bond donors (Lipinski definition) is 2. The van der Waals surface area contributed by atoms with Crippen LogP contribution in [0.4, 0.5) is 0 Å². The van der Waals surface area contributed by atoms with Crippen molar-refractivity contribution in [3.8, 4) is 5.75 Å². The number of ether oxygens (including phenoxy) is 1. The van der Waals surface area contributed by atoms with E-state index in [2.05, 4.69) is 10.2 Å². The van der Waals surface area contributed by atoms with Crippen LogP contribution in [0.1, 0.15) is 12.8 Å². The largest absolute Gasteiger partial charge is 0.491 e. The molecule has 2 aliphatic rings. The molecule has 0 aromatic heterocycles. The average molecular weight is 347 g/mol. The molecule has 1 unspecified atom stereocenters. The highest BCUT2D eigenvalue weighted by Crippen LogP contribution is 2.16. The number of carbonyl (C=O) groups excluding carboxylic acids is 1. The standard InChI is InChI=1S/C19H29N3O3/c23-17(15-25-18-4-2-1-3-5-18)14-21-10-12-22(13-11-21)19(24)16-6-8-20-9-7-16/h1-5,16-17,20,23H,6-15H2. The zero-order valence-electron chi connectivity index (χ0n) is 14.8. The number of piperidine rings is 1. The van der Waals surface area contributed by atoms with Gasteiger partial charge >= 0.3 is 0 Å². The lowest BCUT2D eigenvalue weighted by atomic mass is 9.96. The van der Waals surface area contributed by atoms with Crippen LogP contribution in [0.5, 0.6) is 5.75 Å². The normalized spacial score (nSPS) is 21.1. The van der Waals surface area contributed by atoms with Crippen molar-refractivity contribution in [1.82, 2.24) is 15.1 Å². The first-order valence-electron chi connectivity index (χ1n) is 9.30. The number of carbonyl (C=O) groups is 1. The Kier molecular flexibility index (Phi) is 6.67. The fourth-order valence-corrected chi connectivity index (χ4v) is 3.54. The number of para-hydroxylation sites is 1. The van der Waals surface area contributed by atoms with Gasteiger partial charge in [-0.25, -0.2) is 0 Å². The first-order chi connectivity index (χ1) is 12.2. The summed E-state index contributed by atoms with van der Waals surface area (Å²) in [6, 6.07) is 9.55. The fourth-order valence-electron chi connectivity index (χ4n) is 3.54. The summed E-state index contributed by atoms with van der Waals surface area (Å²) in [5.74, 6) is 1.28. The highest BCUT2D eigenvalue weighted by atomic mass is 16.5. The topological polar surface area (TPSA) is 65.0 Å². The van der Waals surface area contributed by atoms with Crippen LogP contribution in [0.15, 0.2) is 30.3 Å². The van der Waals surface area contributed by atoms with E-state index in [0.717, 1.165) is 57.9 Å². The molecule has 2 N–H and O–H groups in total. The molecule has 0 bridgehead atoms. The van der Waals surface area contributed by atoms with Gasteiger partial charge in [0.2, 0.25) is 5.91 Å². The van der Waals surface area contributed by atoms with Crippen molar-refractivity contribution >= 4 is 5.91 Å². The van der Waals surface area contributed by atoms with Crippen LogP contribution in [-0.4, -0.2) is 79.3 Å². The minimum absolute atomic E-state index is 0.192. The van der Waals surface area contributed by atoms with Crippen molar-refractivity contribution in [1.29, 1.82) is 0 Å². The maximum absolute atomic E-state index is 12.6. The van der Waals surface area contributed by atoms with E-state index in [1.54, 1.807) is 0 Å². The van der Waals surface area contributed by atoms with Gasteiger partial charge in [0, 0.05) is 38.6 Å². The van der Waals surface area contributed by atoms with E-state index < -0.39 is 6.10 Å². The Hall–Kier alpha value is -1.63. The van der Waals surface area contributed by atoms with Crippen LogP contribution >= 0.6 is 0 Å². The summed E-state index contributed by atoms with van der Waals surface area (Å²) in [5.41, 5.74) is 0. The van der Waals surface area contributed by atoms with E-state index in [9.17, 15) is 9.90 Å². The Morgan fingerprint density at radius 1 is 1.16 bits per heavy atom. The summed E-state index contributed by atoms with van der Waals surface area (Å²) < 4.78 is 5.60. The number of nitrogens with one attached hydrogen (secondary N) is 1. The molecule has 3 rings (SSSR count). The van der Waals surface area contributed by atoms with Gasteiger partial charge in [-0.2, -0.15) is 0 Å². The molecule has 0 aliphatic carbocycles. The average Bonchev–Trinajstić information content (AvgIpc) is 2.68. The van der Waals surface area contributed by atoms with Crippen molar-refractivity contribution in [3.63, 3.8) is 0 Å². The number of benzene rings is 1. The number of aliphatic hydroxyl groups excluding tert-OH is 1. The third-order valence-corrected chi connectivity index (χ3v) is 5.03. The van der Waals surface area contributed by atoms with Crippen LogP contribution in [0, 0.1) is 5.92 Å². The van der Waals surface area contributed by atoms with Gasteiger partial charge in [0.15, 0.2) is 0 Å². The molecule has 25 heavy (non-hydrogen) atoms. The number of β-amino-alcohol motifs (C(OH)–C–C–N with tert-alkyl or cyclic N) is 1. The molecule has 2 aliphatic heterocycles. The Labute approximate surface area is 149 Å². The highest BCUT2D eigenvalue weighted by Gasteiger charge is 2.28. The highest BCUT2D eigenvalue weighted by molar-refractivity contribution is 5.79. The number of rotatable bonds is 6. The van der Waals surface area contributed by atoms with Crippen LogP contribution in [0.25, 0.3) is 0 Å². The van der Waals surface area contributed by atoms with Gasteiger partial charge in [0.1, 0.15) is 18.5 Å². The van der Waals surface area contributed by atoms with Crippen LogP contribution in [-0.2, 0) is 4.79 Å². The smallest absolute Gasteiger partial charge is 0.225 e. The summed E-state index contributed by atoms with van der Waals surface area (Å²) in [5, 5.41) is 13.5. The Morgan fingerprint density at radius 3 is 2.52 bits per heavy atom. The van der Waals surface area contributed by atoms with E-state index in [1.807, 2.05) is 35.2 Å². The van der Waals surface area contributed by atoms with Crippen LogP contribution in [0.3, 0.4) is 0 Å². The monoisotopic (exact) mass is 347 g/mol. The van der Waals surface area contributed by atoms with Crippen LogP contribution in [0.2, 0.25) is 0 Å². The maximum atomic E-state index is 12.6. The third kappa shape index (κ3) is 5.42. The molecule has 1 atom stereocenters. The summed E-state index contributed by atoms with van der Waals surface area (Å²) in [6.45, 7) is 5.93. The molecule has 0 spiro atoms. The lowest BCUT2D eigenvalue weighted by Crippen LogP contribution is -2.53. The first kappa shape index (κ1) is 18.2. The zero-order valence-corrected chi connectivity index (χ0v) is 14.8. The number of amides is 1. The van der Waals surface area contributed by atoms with Crippen molar-refractivity contribution in [2.45, 2.75) is 18.9 Å². The van der Waals surface area contributed by atoms with Crippen LogP contribution < -0.4 is 10.1 Å². The number of hydrogen-bond acceptors (Lipinski definition) is 5. The second kappa shape index (κ2) is 9.17.